The summed E-state index contributed by atoms with van der Waals surface area (Å²) < 4.78 is 1.54. The summed E-state index contributed by atoms with van der Waals surface area (Å²) in [4.78, 5) is 4.00. The van der Waals surface area contributed by atoms with Gasteiger partial charge in [0, 0.05) is 11.5 Å². The quantitative estimate of drug-likeness (QED) is 0.787. The van der Waals surface area contributed by atoms with Gasteiger partial charge in [0.15, 0.2) is 5.72 Å². The lowest BCUT2D eigenvalue weighted by molar-refractivity contribution is -0.0568. The Morgan fingerprint density at radius 3 is 2.27 bits per heavy atom. The zero-order valence-electron chi connectivity index (χ0n) is 12.5. The molecular formula is C18H19N3O. The number of aromatic nitrogens is 3. The second-order valence-corrected chi connectivity index (χ2v) is 5.52. The summed E-state index contributed by atoms with van der Waals surface area (Å²) in [6.07, 6.45) is 3.75. The standard InChI is InChI=1S/C18H19N3O/c1-15(12-16-8-4-2-5-9-16)18(22,21-14-19-13-20-21)17-10-6-3-7-11-17/h2-11,13-15,22H,12H2,1H3. The topological polar surface area (TPSA) is 50.9 Å². The lowest BCUT2D eigenvalue weighted by Gasteiger charge is -2.34. The Morgan fingerprint density at radius 1 is 1.05 bits per heavy atom. The number of hydrogen-bond donors (Lipinski definition) is 1. The molecule has 0 amide bonds. The number of nitrogens with zero attached hydrogens (tertiary/aromatic N) is 3. The van der Waals surface area contributed by atoms with E-state index in [1.54, 1.807) is 6.33 Å². The van der Waals surface area contributed by atoms with Gasteiger partial charge in [-0.1, -0.05) is 67.6 Å². The van der Waals surface area contributed by atoms with Crippen LogP contribution in [0.5, 0.6) is 0 Å². The molecule has 1 aromatic heterocycles. The van der Waals surface area contributed by atoms with Gasteiger partial charge >= 0.3 is 0 Å². The molecule has 0 aliphatic carbocycles. The second kappa shape index (κ2) is 6.12. The molecule has 2 aromatic carbocycles. The summed E-state index contributed by atoms with van der Waals surface area (Å²) in [7, 11) is 0. The summed E-state index contributed by atoms with van der Waals surface area (Å²) in [6, 6.07) is 19.8. The molecule has 0 bridgehead atoms. The van der Waals surface area contributed by atoms with Gasteiger partial charge in [0.2, 0.25) is 0 Å². The minimum absolute atomic E-state index is 0.0704. The van der Waals surface area contributed by atoms with E-state index in [2.05, 4.69) is 22.2 Å². The molecule has 1 N–H and O–H groups in total. The van der Waals surface area contributed by atoms with E-state index in [0.29, 0.717) is 0 Å². The number of aliphatic hydroxyl groups is 1. The summed E-state index contributed by atoms with van der Waals surface area (Å²) in [5, 5.41) is 15.6. The maximum atomic E-state index is 11.4. The third-order valence-electron chi connectivity index (χ3n) is 4.04. The lowest BCUT2D eigenvalue weighted by Crippen LogP contribution is -2.42. The minimum atomic E-state index is -1.23. The molecule has 0 spiro atoms. The van der Waals surface area contributed by atoms with Crippen molar-refractivity contribution in [1.82, 2.24) is 14.8 Å². The summed E-state index contributed by atoms with van der Waals surface area (Å²) in [5.41, 5.74) is 0.765. The molecule has 112 valence electrons. The van der Waals surface area contributed by atoms with Crippen molar-refractivity contribution in [3.63, 3.8) is 0 Å². The molecule has 0 radical (unpaired) electrons. The number of hydrogen-bond acceptors (Lipinski definition) is 3. The van der Waals surface area contributed by atoms with Gasteiger partial charge < -0.3 is 5.11 Å². The maximum Gasteiger partial charge on any atom is 0.188 e. The van der Waals surface area contributed by atoms with E-state index in [1.165, 1.54) is 16.6 Å². The molecule has 3 aromatic rings. The van der Waals surface area contributed by atoms with Crippen LogP contribution in [0.15, 0.2) is 73.3 Å². The van der Waals surface area contributed by atoms with E-state index in [9.17, 15) is 5.11 Å². The molecule has 2 unspecified atom stereocenters. The van der Waals surface area contributed by atoms with E-state index in [-0.39, 0.29) is 5.92 Å². The zero-order valence-corrected chi connectivity index (χ0v) is 12.5. The van der Waals surface area contributed by atoms with E-state index < -0.39 is 5.72 Å². The van der Waals surface area contributed by atoms with Crippen molar-refractivity contribution < 1.29 is 5.11 Å². The van der Waals surface area contributed by atoms with Crippen molar-refractivity contribution in [3.8, 4) is 0 Å². The molecule has 4 nitrogen and oxygen atoms in total. The Morgan fingerprint density at radius 2 is 1.68 bits per heavy atom. The third kappa shape index (κ3) is 2.65. The van der Waals surface area contributed by atoms with Gasteiger partial charge in [-0.3, -0.25) is 0 Å². The summed E-state index contributed by atoms with van der Waals surface area (Å²) in [5.74, 6) is -0.0704. The molecule has 2 atom stereocenters. The van der Waals surface area contributed by atoms with Gasteiger partial charge in [0.1, 0.15) is 12.7 Å². The highest BCUT2D eigenvalue weighted by Crippen LogP contribution is 2.32. The van der Waals surface area contributed by atoms with Crippen LogP contribution in [0.25, 0.3) is 0 Å². The highest BCUT2D eigenvalue weighted by Gasteiger charge is 2.38. The largest absolute Gasteiger partial charge is 0.365 e. The van der Waals surface area contributed by atoms with Crippen molar-refractivity contribution in [3.05, 3.63) is 84.4 Å². The molecule has 0 saturated heterocycles. The Hall–Kier alpha value is -2.46. The molecule has 4 heteroatoms. The van der Waals surface area contributed by atoms with E-state index in [0.717, 1.165) is 12.0 Å². The van der Waals surface area contributed by atoms with Gasteiger partial charge in [-0.25, -0.2) is 9.67 Å². The maximum absolute atomic E-state index is 11.4. The van der Waals surface area contributed by atoms with Crippen molar-refractivity contribution in [1.29, 1.82) is 0 Å². The SMILES string of the molecule is CC(Cc1ccccc1)C(O)(c1ccccc1)n1cncn1. The van der Waals surface area contributed by atoms with E-state index in [1.807, 2.05) is 55.5 Å². The third-order valence-corrected chi connectivity index (χ3v) is 4.04. The van der Waals surface area contributed by atoms with Gasteiger partial charge in [0.25, 0.3) is 0 Å². The van der Waals surface area contributed by atoms with Gasteiger partial charge in [-0.05, 0) is 12.0 Å². The minimum Gasteiger partial charge on any atom is -0.365 e. The smallest absolute Gasteiger partial charge is 0.188 e. The van der Waals surface area contributed by atoms with E-state index >= 15 is 0 Å². The Bertz CT molecular complexity index is 698. The molecule has 0 aliphatic rings. The van der Waals surface area contributed by atoms with Crippen LogP contribution in [0.2, 0.25) is 0 Å². The first-order chi connectivity index (χ1) is 10.7. The van der Waals surface area contributed by atoms with Gasteiger partial charge in [-0.15, -0.1) is 0 Å². The van der Waals surface area contributed by atoms with Gasteiger partial charge in [0.05, 0.1) is 0 Å². The van der Waals surface area contributed by atoms with Crippen LogP contribution in [0.4, 0.5) is 0 Å². The van der Waals surface area contributed by atoms with Crippen molar-refractivity contribution in [2.45, 2.75) is 19.1 Å². The first-order valence-corrected chi connectivity index (χ1v) is 7.38. The average molecular weight is 293 g/mol. The lowest BCUT2D eigenvalue weighted by atomic mass is 9.85. The Labute approximate surface area is 130 Å². The first-order valence-electron chi connectivity index (χ1n) is 7.38. The fourth-order valence-corrected chi connectivity index (χ4v) is 2.82. The Kier molecular flexibility index (Phi) is 4.02. The molecule has 0 aliphatic heterocycles. The van der Waals surface area contributed by atoms with E-state index in [4.69, 9.17) is 0 Å². The van der Waals surface area contributed by atoms with Crippen LogP contribution in [-0.2, 0) is 12.1 Å². The van der Waals surface area contributed by atoms with Crippen molar-refractivity contribution in [2.24, 2.45) is 5.92 Å². The highest BCUT2D eigenvalue weighted by atomic mass is 16.3. The van der Waals surface area contributed by atoms with Crippen LogP contribution in [0, 0.1) is 5.92 Å². The normalized spacial score (nSPS) is 15.2. The molecule has 0 saturated carbocycles. The number of benzene rings is 2. The van der Waals surface area contributed by atoms with Crippen molar-refractivity contribution >= 4 is 0 Å². The first kappa shape index (κ1) is 14.5. The monoisotopic (exact) mass is 293 g/mol. The van der Waals surface area contributed by atoms with Crippen LogP contribution in [0.1, 0.15) is 18.1 Å². The van der Waals surface area contributed by atoms with Crippen LogP contribution in [-0.4, -0.2) is 19.9 Å². The predicted molar refractivity (Wildman–Crippen MR) is 85.1 cm³/mol. The van der Waals surface area contributed by atoms with Crippen LogP contribution >= 0.6 is 0 Å². The molecular weight excluding hydrogens is 274 g/mol. The molecule has 1 heterocycles. The van der Waals surface area contributed by atoms with Crippen LogP contribution < -0.4 is 0 Å². The molecule has 3 rings (SSSR count). The molecule has 0 fully saturated rings. The second-order valence-electron chi connectivity index (χ2n) is 5.52. The average Bonchev–Trinajstić information content (AvgIpc) is 3.11. The Balaban J connectivity index is 1.99. The summed E-state index contributed by atoms with van der Waals surface area (Å²) >= 11 is 0. The highest BCUT2D eigenvalue weighted by molar-refractivity contribution is 5.24. The molecule has 22 heavy (non-hydrogen) atoms. The fraction of sp³-hybridized carbons (Fsp3) is 0.222. The van der Waals surface area contributed by atoms with Crippen LogP contribution in [0.3, 0.4) is 0 Å². The zero-order chi connectivity index (χ0) is 15.4. The predicted octanol–water partition coefficient (Wildman–Crippen LogP) is 2.85. The van der Waals surface area contributed by atoms with Gasteiger partial charge in [-0.2, -0.15) is 5.10 Å². The number of rotatable bonds is 5. The van der Waals surface area contributed by atoms with Crippen molar-refractivity contribution in [2.75, 3.05) is 0 Å². The fourth-order valence-electron chi connectivity index (χ4n) is 2.82. The summed E-state index contributed by atoms with van der Waals surface area (Å²) in [6.45, 7) is 2.03.